The maximum Gasteiger partial charge on any atom is 0.446 e. The molecule has 0 spiro atoms. The van der Waals surface area contributed by atoms with E-state index in [2.05, 4.69) is 32.2 Å². The zero-order chi connectivity index (χ0) is 65.3. The van der Waals surface area contributed by atoms with Crippen LogP contribution < -0.4 is 41.2 Å². The van der Waals surface area contributed by atoms with Crippen molar-refractivity contribution in [1.82, 2.24) is 41.5 Å². The predicted octanol–water partition coefficient (Wildman–Crippen LogP) is -3.90. The zero-order valence-electron chi connectivity index (χ0n) is 48.1. The standard InChI is InChI=1S/C56H71N9O23S/c1-4-5-6-17-86-32-14-11-28(12-15-32)39-21-33(63-87-39)27-7-9-29(10-8-27)49(75)58-34-20-38(70)52(78)62-54(80)45-46(72)25(2)23-65(45)56(82)43(37(69)22-41(57)71)60-53(79)44(48(74)47(73)30-13-16-36(68)40(18-30)88-89(83,84)85)61-51(77)35-19-31(67)24-64(35)55(81)42(26(3)66)59-50(34)76/h7-16,18,21,25-26,31,34-35,37-38,42-48,52,66-70,72-74,78H,4-6,17,19-20,22-24H2,1-3H3,(H2,57,71)(H,58,75)(H,59,76)(H,60,79)(H,61,77)(H,62,80)(H,83,84,85)/t25-,26+,31+,34-,35-,37+,38+,42?,43-,44?,45-,46-,47-,48-,52+/m0/s1. The molecule has 1 aromatic heterocycles. The van der Waals surface area contributed by atoms with Crippen molar-refractivity contribution in [2.75, 3.05) is 19.7 Å². The number of benzene rings is 3. The first-order valence-corrected chi connectivity index (χ1v) is 29.5. The lowest BCUT2D eigenvalue weighted by molar-refractivity contribution is -0.149. The number of carbonyl (C=O) groups excluding carboxylic acids is 8. The fourth-order valence-electron chi connectivity index (χ4n) is 10.3. The molecule has 33 heteroatoms. The van der Waals surface area contributed by atoms with Gasteiger partial charge in [0.25, 0.3) is 5.91 Å². The average Bonchev–Trinajstić information content (AvgIpc) is 2.76. The van der Waals surface area contributed by atoms with Gasteiger partial charge in [0.1, 0.15) is 66.0 Å². The van der Waals surface area contributed by atoms with E-state index in [1.54, 1.807) is 30.3 Å². The summed E-state index contributed by atoms with van der Waals surface area (Å²) < 4.78 is 48.1. The molecule has 3 aliphatic rings. The first-order valence-electron chi connectivity index (χ1n) is 28.1. The molecule has 32 nitrogen and oxygen atoms in total. The highest BCUT2D eigenvalue weighted by molar-refractivity contribution is 7.81. The lowest BCUT2D eigenvalue weighted by Gasteiger charge is -2.34. The van der Waals surface area contributed by atoms with E-state index >= 15 is 0 Å². The normalized spacial score (nSPS) is 26.4. The highest BCUT2D eigenvalue weighted by Crippen LogP contribution is 2.34. The summed E-state index contributed by atoms with van der Waals surface area (Å²) in [6.45, 7) is 3.74. The second-order valence-corrected chi connectivity index (χ2v) is 22.9. The van der Waals surface area contributed by atoms with Gasteiger partial charge in [-0.2, -0.15) is 8.42 Å². The van der Waals surface area contributed by atoms with Crippen molar-refractivity contribution in [2.24, 2.45) is 11.7 Å². The molecule has 0 bridgehead atoms. The smallest absolute Gasteiger partial charge is 0.446 e. The lowest BCUT2D eigenvalue weighted by Crippen LogP contribution is -2.64. The molecular weight excluding hydrogens is 1200 g/mol. The highest BCUT2D eigenvalue weighted by atomic mass is 32.3. The molecule has 89 heavy (non-hydrogen) atoms. The van der Waals surface area contributed by atoms with Crippen molar-refractivity contribution in [1.29, 1.82) is 0 Å². The minimum Gasteiger partial charge on any atom is -0.504 e. The summed E-state index contributed by atoms with van der Waals surface area (Å²) in [5.74, 6) is -12.9. The van der Waals surface area contributed by atoms with E-state index in [1.807, 2.05) is 10.6 Å². The first-order chi connectivity index (χ1) is 42.0. The number of nitrogens with two attached hydrogens (primary N) is 1. The van der Waals surface area contributed by atoms with Gasteiger partial charge in [-0.1, -0.05) is 50.0 Å². The van der Waals surface area contributed by atoms with Crippen molar-refractivity contribution in [2.45, 2.75) is 145 Å². The molecule has 2 unspecified atom stereocenters. The Balaban J connectivity index is 1.22. The van der Waals surface area contributed by atoms with E-state index < -0.39 is 198 Å². The molecule has 3 fully saturated rings. The van der Waals surface area contributed by atoms with Crippen LogP contribution in [0.5, 0.6) is 17.2 Å². The number of nitrogens with zero attached hydrogens (tertiary/aromatic N) is 3. The molecule has 8 amide bonds. The second-order valence-electron chi connectivity index (χ2n) is 21.9. The molecule has 0 saturated carbocycles. The molecule has 3 saturated heterocycles. The predicted molar refractivity (Wildman–Crippen MR) is 304 cm³/mol. The third-order valence-corrected chi connectivity index (χ3v) is 15.6. The van der Waals surface area contributed by atoms with Gasteiger partial charge < -0.3 is 102 Å². The number of nitrogens with one attached hydrogen (secondary N) is 5. The van der Waals surface area contributed by atoms with Crippen LogP contribution in [-0.4, -0.2) is 220 Å². The van der Waals surface area contributed by atoms with Crippen LogP contribution in [0, 0.1) is 5.92 Å². The van der Waals surface area contributed by atoms with E-state index in [-0.39, 0.29) is 5.56 Å². The molecule has 0 aliphatic carbocycles. The van der Waals surface area contributed by atoms with Gasteiger partial charge in [-0.25, -0.2) is 0 Å². The van der Waals surface area contributed by atoms with Gasteiger partial charge in [-0.3, -0.25) is 42.9 Å². The zero-order valence-corrected chi connectivity index (χ0v) is 48.9. The third-order valence-electron chi connectivity index (χ3n) is 15.2. The maximum atomic E-state index is 14.7. The van der Waals surface area contributed by atoms with Gasteiger partial charge in [0.2, 0.25) is 41.4 Å². The third kappa shape index (κ3) is 16.9. The number of fused-ring (bicyclic) bond motifs is 2. The number of hydrogen-bond donors (Lipinski definition) is 16. The molecule has 0 radical (unpaired) electrons. The quantitative estimate of drug-likeness (QED) is 0.0334. The Labute approximate surface area is 507 Å². The minimum absolute atomic E-state index is 0.107. The monoisotopic (exact) mass is 1270 g/mol. The first kappa shape index (κ1) is 68.1. The Morgan fingerprint density at radius 1 is 0.787 bits per heavy atom. The van der Waals surface area contributed by atoms with Crippen LogP contribution in [0.2, 0.25) is 0 Å². The topological polar surface area (TPSA) is 510 Å². The van der Waals surface area contributed by atoms with Gasteiger partial charge in [0.05, 0.1) is 37.4 Å². The number of unbranched alkanes of at least 4 members (excludes halogenated alkanes) is 2. The summed E-state index contributed by atoms with van der Waals surface area (Å²) in [7, 11) is -5.35. The summed E-state index contributed by atoms with van der Waals surface area (Å²) >= 11 is 0. The summed E-state index contributed by atoms with van der Waals surface area (Å²) in [6, 6.07) is 3.52. The van der Waals surface area contributed by atoms with E-state index in [4.69, 9.17) is 15.0 Å². The molecule has 15 atom stereocenters. The number of phenolic OH excluding ortho intramolecular Hbond substituents is 1. The van der Waals surface area contributed by atoms with Crippen molar-refractivity contribution in [3.05, 3.63) is 83.9 Å². The number of amides is 8. The number of aliphatic hydroxyl groups excluding tert-OH is 8. The van der Waals surface area contributed by atoms with Crippen LogP contribution in [0.15, 0.2) is 77.3 Å². The van der Waals surface area contributed by atoms with Crippen LogP contribution in [0.4, 0.5) is 0 Å². The van der Waals surface area contributed by atoms with Gasteiger partial charge in [0.15, 0.2) is 23.5 Å². The van der Waals surface area contributed by atoms with Crippen molar-refractivity contribution in [3.63, 3.8) is 0 Å². The summed E-state index contributed by atoms with van der Waals surface area (Å²) in [5, 5.41) is 116. The van der Waals surface area contributed by atoms with Gasteiger partial charge in [-0.05, 0) is 67.4 Å². The van der Waals surface area contributed by atoms with Crippen LogP contribution >= 0.6 is 0 Å². The van der Waals surface area contributed by atoms with E-state index in [0.717, 1.165) is 32.3 Å². The Kier molecular flexibility index (Phi) is 22.4. The fraction of sp³-hybridized carbons (Fsp3) is 0.482. The molecule has 3 aliphatic heterocycles. The van der Waals surface area contributed by atoms with Crippen LogP contribution in [0.1, 0.15) is 81.3 Å². The van der Waals surface area contributed by atoms with Gasteiger partial charge >= 0.3 is 10.4 Å². The number of primary amides is 1. The molecule has 4 heterocycles. The Hall–Kier alpha value is -8.38. The number of phenols is 1. The number of aliphatic hydroxyl groups is 8. The number of carbonyl (C=O) groups is 8. The average molecular weight is 1270 g/mol. The molecule has 3 aromatic carbocycles. The van der Waals surface area contributed by atoms with Crippen molar-refractivity contribution in [3.8, 4) is 39.8 Å². The van der Waals surface area contributed by atoms with Crippen LogP contribution in [0.25, 0.3) is 22.6 Å². The molecule has 484 valence electrons. The second kappa shape index (κ2) is 29.3. The van der Waals surface area contributed by atoms with E-state index in [0.29, 0.717) is 56.9 Å². The van der Waals surface area contributed by atoms with Crippen molar-refractivity contribution >= 4 is 57.7 Å². The largest absolute Gasteiger partial charge is 0.504 e. The van der Waals surface area contributed by atoms with E-state index in [9.17, 15) is 97.3 Å². The lowest BCUT2D eigenvalue weighted by atomic mass is 9.96. The van der Waals surface area contributed by atoms with E-state index in [1.165, 1.54) is 31.2 Å². The number of aromatic hydroxyl groups is 1. The van der Waals surface area contributed by atoms with Crippen molar-refractivity contribution < 1.29 is 111 Å². The molecular formula is C56H71N9O23S. The van der Waals surface area contributed by atoms with Crippen LogP contribution in [0.3, 0.4) is 0 Å². The molecule has 4 aromatic rings. The van der Waals surface area contributed by atoms with Gasteiger partial charge in [-0.15, -0.1) is 0 Å². The summed E-state index contributed by atoms with van der Waals surface area (Å²) in [4.78, 5) is 115. The Bertz CT molecular complexity index is 3340. The SMILES string of the molecule is CCCCCOc1ccc(-c2cc(-c3ccc(C(=O)N[C@H]4C[C@@H](O)[C@@H](O)NC(=O)[C@@H]5[C@@H](O)[C@@H](C)CN5C(=O)[C@H]([C@H](O)CC(N)=O)NC(=O)C([C@H](O)[C@@H](O)c5ccc(O)c(OS(=O)(=O)O)c5)NC(=O)[C@@H]5C[C@@H](O)CN5C(=O)C([C@@H](C)O)NC4=O)cc3)no2)cc1. The Morgan fingerprint density at radius 2 is 1.43 bits per heavy atom. The fourth-order valence-corrected chi connectivity index (χ4v) is 10.7. The minimum atomic E-state index is -5.35. The molecule has 7 rings (SSSR count). The number of aromatic nitrogens is 1. The summed E-state index contributed by atoms with van der Waals surface area (Å²) in [5.41, 5.74) is 6.17. The molecule has 17 N–H and O–H groups in total. The summed E-state index contributed by atoms with van der Waals surface area (Å²) in [6.07, 6.45) is -17.3. The highest BCUT2D eigenvalue weighted by Gasteiger charge is 2.51. The van der Waals surface area contributed by atoms with Crippen LogP contribution in [-0.2, 0) is 44.0 Å². The Morgan fingerprint density at radius 3 is 2.07 bits per heavy atom. The number of rotatable bonds is 18. The van der Waals surface area contributed by atoms with Gasteiger partial charge in [0, 0.05) is 54.6 Å². The maximum absolute atomic E-state index is 14.7. The number of ether oxygens (including phenoxy) is 1. The number of hydrogen-bond acceptors (Lipinski definition) is 23.